The van der Waals surface area contributed by atoms with Crippen LogP contribution < -0.4 is 0 Å². The molecule has 1 aliphatic heterocycles. The van der Waals surface area contributed by atoms with Gasteiger partial charge >= 0.3 is 6.03 Å². The van der Waals surface area contributed by atoms with Gasteiger partial charge in [-0.05, 0) is 42.4 Å². The van der Waals surface area contributed by atoms with Crippen LogP contribution in [0.5, 0.6) is 0 Å². The normalized spacial score (nSPS) is 23.7. The molecule has 2 aliphatic rings. The summed E-state index contributed by atoms with van der Waals surface area (Å²) in [6.07, 6.45) is 4.82. The fourth-order valence-electron chi connectivity index (χ4n) is 4.56. The first-order valence-corrected chi connectivity index (χ1v) is 10.2. The summed E-state index contributed by atoms with van der Waals surface area (Å²) in [5.41, 5.74) is 1.03. The van der Waals surface area contributed by atoms with Crippen molar-refractivity contribution in [1.29, 1.82) is 0 Å². The Kier molecular flexibility index (Phi) is 5.34. The average Bonchev–Trinajstić information content (AvgIpc) is 3.33. The molecule has 0 radical (unpaired) electrons. The van der Waals surface area contributed by atoms with Crippen LogP contribution in [0.4, 0.5) is 4.79 Å². The average molecular weight is 421 g/mol. The van der Waals surface area contributed by atoms with Gasteiger partial charge in [-0.1, -0.05) is 35.3 Å². The second-order valence-corrected chi connectivity index (χ2v) is 8.59. The summed E-state index contributed by atoms with van der Waals surface area (Å²) in [4.78, 5) is 28.7. The largest absolute Gasteiger partial charge is 0.344 e. The van der Waals surface area contributed by atoms with Crippen molar-refractivity contribution in [1.82, 2.24) is 19.6 Å². The highest BCUT2D eigenvalue weighted by Gasteiger charge is 2.44. The van der Waals surface area contributed by atoms with E-state index >= 15 is 0 Å². The Balaban J connectivity index is 1.40. The molecule has 2 amide bonds. The minimum atomic E-state index is -0.139. The van der Waals surface area contributed by atoms with E-state index in [4.69, 9.17) is 23.2 Å². The smallest absolute Gasteiger partial charge is 0.336 e. The molecule has 1 saturated carbocycles. The van der Waals surface area contributed by atoms with Crippen LogP contribution in [0.15, 0.2) is 36.7 Å². The molecule has 2 atom stereocenters. The van der Waals surface area contributed by atoms with Crippen molar-refractivity contribution >= 4 is 35.1 Å². The maximum Gasteiger partial charge on any atom is 0.344 e. The first-order valence-electron chi connectivity index (χ1n) is 9.42. The molecule has 1 saturated heterocycles. The molecule has 2 unspecified atom stereocenters. The van der Waals surface area contributed by atoms with Crippen molar-refractivity contribution in [2.45, 2.75) is 32.4 Å². The number of benzene rings is 1. The van der Waals surface area contributed by atoms with Crippen molar-refractivity contribution in [2.75, 3.05) is 13.1 Å². The summed E-state index contributed by atoms with van der Waals surface area (Å²) in [7, 11) is 0. The number of carbonyl (C=O) groups is 2. The third kappa shape index (κ3) is 3.89. The van der Waals surface area contributed by atoms with Gasteiger partial charge in [-0.3, -0.25) is 4.79 Å². The molecule has 0 bridgehead atoms. The lowest BCUT2D eigenvalue weighted by molar-refractivity contribution is -0.131. The minimum Gasteiger partial charge on any atom is -0.336 e. The molecule has 2 aromatic rings. The zero-order valence-electron chi connectivity index (χ0n) is 15.6. The number of halogens is 2. The van der Waals surface area contributed by atoms with E-state index in [1.165, 1.54) is 17.1 Å². The molecule has 148 valence electrons. The molecule has 1 aromatic heterocycles. The van der Waals surface area contributed by atoms with Gasteiger partial charge in [0.25, 0.3) is 0 Å². The monoisotopic (exact) mass is 420 g/mol. The number of hydrogen-bond acceptors (Lipinski definition) is 3. The fourth-order valence-corrected chi connectivity index (χ4v) is 4.91. The number of carbonyl (C=O) groups excluding carboxylic acids is 2. The van der Waals surface area contributed by atoms with Gasteiger partial charge in [0.05, 0.1) is 17.4 Å². The van der Waals surface area contributed by atoms with Gasteiger partial charge < -0.3 is 9.80 Å². The summed E-state index contributed by atoms with van der Waals surface area (Å²) in [6.45, 7) is 3.57. The zero-order valence-corrected chi connectivity index (χ0v) is 17.1. The lowest BCUT2D eigenvalue weighted by atomic mass is 10.0. The summed E-state index contributed by atoms with van der Waals surface area (Å²) in [6, 6.07) is 7.70. The van der Waals surface area contributed by atoms with Crippen molar-refractivity contribution in [3.05, 3.63) is 52.3 Å². The molecule has 4 rings (SSSR count). The van der Waals surface area contributed by atoms with Gasteiger partial charge in [0.2, 0.25) is 5.91 Å². The maximum atomic E-state index is 12.6. The molecule has 1 aliphatic carbocycles. The Labute approximate surface area is 174 Å². The first kappa shape index (κ1) is 19.3. The van der Waals surface area contributed by atoms with E-state index in [0.717, 1.165) is 18.4 Å². The quantitative estimate of drug-likeness (QED) is 0.755. The molecule has 0 N–H and O–H groups in total. The zero-order chi connectivity index (χ0) is 19.8. The van der Waals surface area contributed by atoms with Crippen LogP contribution in [0.1, 0.15) is 25.3 Å². The second kappa shape index (κ2) is 7.76. The fraction of sp³-hybridized carbons (Fsp3) is 0.450. The van der Waals surface area contributed by atoms with Crippen LogP contribution in [0.2, 0.25) is 10.0 Å². The van der Waals surface area contributed by atoms with Crippen molar-refractivity contribution < 1.29 is 9.59 Å². The van der Waals surface area contributed by atoms with Crippen LogP contribution >= 0.6 is 23.2 Å². The highest BCUT2D eigenvalue weighted by Crippen LogP contribution is 2.41. The highest BCUT2D eigenvalue weighted by molar-refractivity contribution is 6.30. The lowest BCUT2D eigenvalue weighted by Crippen LogP contribution is -2.39. The van der Waals surface area contributed by atoms with Crippen molar-refractivity contribution in [3.63, 3.8) is 0 Å². The molecular formula is C20H22Cl2N4O2. The van der Waals surface area contributed by atoms with Gasteiger partial charge in [-0.25, -0.2) is 4.79 Å². The van der Waals surface area contributed by atoms with E-state index in [1.807, 2.05) is 34.1 Å². The summed E-state index contributed by atoms with van der Waals surface area (Å²) in [5.74, 6) is 0.881. The van der Waals surface area contributed by atoms with Gasteiger partial charge in [0, 0.05) is 37.6 Å². The molecule has 2 heterocycles. The number of likely N-dealkylation sites (tertiary alicyclic amines) is 1. The molecule has 1 aromatic carbocycles. The van der Waals surface area contributed by atoms with Crippen LogP contribution in [-0.4, -0.2) is 50.6 Å². The highest BCUT2D eigenvalue weighted by atomic mass is 35.5. The van der Waals surface area contributed by atoms with Gasteiger partial charge in [-0.15, -0.1) is 0 Å². The number of hydrogen-bond donors (Lipinski definition) is 0. The minimum absolute atomic E-state index is 0.0732. The van der Waals surface area contributed by atoms with Crippen LogP contribution in [0.25, 0.3) is 0 Å². The lowest BCUT2D eigenvalue weighted by Gasteiger charge is -2.29. The van der Waals surface area contributed by atoms with E-state index in [0.29, 0.717) is 41.5 Å². The molecule has 6 nitrogen and oxygen atoms in total. The van der Waals surface area contributed by atoms with Crippen molar-refractivity contribution in [3.8, 4) is 0 Å². The molecule has 0 spiro atoms. The molecule has 8 heteroatoms. The predicted molar refractivity (Wildman–Crippen MR) is 107 cm³/mol. The number of rotatable bonds is 3. The molecule has 2 fully saturated rings. The van der Waals surface area contributed by atoms with Gasteiger partial charge in [0.1, 0.15) is 0 Å². The predicted octanol–water partition coefficient (Wildman–Crippen LogP) is 3.92. The van der Waals surface area contributed by atoms with E-state index in [-0.39, 0.29) is 18.0 Å². The Bertz CT molecular complexity index is 886. The third-order valence-electron chi connectivity index (χ3n) is 5.83. The Morgan fingerprint density at radius 1 is 1.18 bits per heavy atom. The van der Waals surface area contributed by atoms with E-state index in [2.05, 4.69) is 5.10 Å². The standard InChI is InChI=1S/C20H22Cl2N4O2/c1-13(27)25(9-14-3-2-4-17(21)5-14)19-6-15-10-24(11-16(15)7-19)20(28)26-12-18(22)8-23-26/h2-5,8,12,15-16,19H,6-7,9-11H2,1H3. The maximum absolute atomic E-state index is 12.6. The topological polar surface area (TPSA) is 58.4 Å². The van der Waals surface area contributed by atoms with E-state index < -0.39 is 0 Å². The van der Waals surface area contributed by atoms with Crippen molar-refractivity contribution in [2.24, 2.45) is 11.8 Å². The number of aromatic nitrogens is 2. The summed E-state index contributed by atoms with van der Waals surface area (Å²) in [5, 5.41) is 5.13. The first-order chi connectivity index (χ1) is 13.4. The SMILES string of the molecule is CC(=O)N(Cc1cccc(Cl)c1)C1CC2CN(C(=O)n3cc(Cl)cn3)CC2C1. The van der Waals surface area contributed by atoms with Crippen LogP contribution in [0, 0.1) is 11.8 Å². The van der Waals surface area contributed by atoms with Crippen LogP contribution in [-0.2, 0) is 11.3 Å². The summed E-state index contributed by atoms with van der Waals surface area (Å²) < 4.78 is 1.29. The molecular weight excluding hydrogens is 399 g/mol. The number of amides is 2. The molecule has 28 heavy (non-hydrogen) atoms. The van der Waals surface area contributed by atoms with Gasteiger partial charge in [0.15, 0.2) is 0 Å². The number of nitrogens with zero attached hydrogens (tertiary/aromatic N) is 4. The van der Waals surface area contributed by atoms with Gasteiger partial charge in [-0.2, -0.15) is 9.78 Å². The van der Waals surface area contributed by atoms with E-state index in [9.17, 15) is 9.59 Å². The van der Waals surface area contributed by atoms with Crippen LogP contribution in [0.3, 0.4) is 0 Å². The Hall–Kier alpha value is -2.05. The Morgan fingerprint density at radius 3 is 2.46 bits per heavy atom. The number of fused-ring (bicyclic) bond motifs is 1. The second-order valence-electron chi connectivity index (χ2n) is 7.71. The van der Waals surface area contributed by atoms with E-state index in [1.54, 1.807) is 6.92 Å². The third-order valence-corrected chi connectivity index (χ3v) is 6.26. The summed E-state index contributed by atoms with van der Waals surface area (Å²) >= 11 is 12.0. The Morgan fingerprint density at radius 2 is 1.89 bits per heavy atom.